The first-order valence-corrected chi connectivity index (χ1v) is 10.0. The van der Waals surface area contributed by atoms with Gasteiger partial charge in [-0.25, -0.2) is 4.99 Å². The van der Waals surface area contributed by atoms with Gasteiger partial charge in [0.25, 0.3) is 0 Å². The zero-order chi connectivity index (χ0) is 19.6. The number of likely N-dealkylation sites (tertiary alicyclic amines) is 1. The van der Waals surface area contributed by atoms with Crippen LogP contribution in [-0.2, 0) is 17.9 Å². The quantitative estimate of drug-likeness (QED) is 0.327. The van der Waals surface area contributed by atoms with Gasteiger partial charge in [-0.1, -0.05) is 31.2 Å². The second kappa shape index (κ2) is 13.0. The van der Waals surface area contributed by atoms with E-state index < -0.39 is 0 Å². The van der Waals surface area contributed by atoms with Crippen molar-refractivity contribution in [3.05, 3.63) is 35.4 Å². The van der Waals surface area contributed by atoms with Crippen LogP contribution in [0.3, 0.4) is 0 Å². The predicted octanol–water partition coefficient (Wildman–Crippen LogP) is 2.82. The molecule has 1 aliphatic heterocycles. The highest BCUT2D eigenvalue weighted by Gasteiger charge is 2.11. The Morgan fingerprint density at radius 2 is 1.79 bits per heavy atom. The molecule has 1 saturated heterocycles. The molecule has 1 amide bonds. The molecule has 1 aromatic carbocycles. The fourth-order valence-electron chi connectivity index (χ4n) is 2.92. The molecule has 0 saturated carbocycles. The fraction of sp³-hybridized carbons (Fsp3) is 0.619. The van der Waals surface area contributed by atoms with Gasteiger partial charge in [0.2, 0.25) is 5.91 Å². The number of amides is 1. The SMILES string of the molecule is CCC(C)NC(=NCc1ccc(CN2CCCC2)cc1)NCC(=O)N(C)C.I. The molecule has 1 fully saturated rings. The number of halogens is 1. The van der Waals surface area contributed by atoms with Gasteiger partial charge >= 0.3 is 0 Å². The summed E-state index contributed by atoms with van der Waals surface area (Å²) >= 11 is 0. The van der Waals surface area contributed by atoms with Crippen molar-refractivity contribution in [1.82, 2.24) is 20.4 Å². The largest absolute Gasteiger partial charge is 0.354 e. The third-order valence-corrected chi connectivity index (χ3v) is 4.95. The van der Waals surface area contributed by atoms with Crippen LogP contribution >= 0.6 is 24.0 Å². The molecular formula is C21H36IN5O. The van der Waals surface area contributed by atoms with Crippen molar-refractivity contribution in [2.24, 2.45) is 4.99 Å². The van der Waals surface area contributed by atoms with Crippen LogP contribution in [-0.4, -0.2) is 61.4 Å². The highest BCUT2D eigenvalue weighted by molar-refractivity contribution is 14.0. The lowest BCUT2D eigenvalue weighted by Gasteiger charge is -2.18. The molecule has 1 unspecified atom stereocenters. The number of benzene rings is 1. The topological polar surface area (TPSA) is 60.0 Å². The van der Waals surface area contributed by atoms with Crippen molar-refractivity contribution in [2.45, 2.75) is 52.2 Å². The number of rotatable bonds is 8. The molecule has 2 rings (SSSR count). The van der Waals surface area contributed by atoms with E-state index >= 15 is 0 Å². The Kier molecular flexibility index (Phi) is 11.4. The molecule has 0 spiro atoms. The lowest BCUT2D eigenvalue weighted by atomic mass is 10.1. The zero-order valence-corrected chi connectivity index (χ0v) is 20.0. The van der Waals surface area contributed by atoms with Crippen molar-refractivity contribution in [2.75, 3.05) is 33.7 Å². The van der Waals surface area contributed by atoms with Crippen molar-refractivity contribution in [1.29, 1.82) is 0 Å². The molecule has 1 aromatic rings. The standard InChI is InChI=1S/C21H35N5O.HI/c1-5-17(2)24-21(23-15-20(27)25(3)4)22-14-18-8-10-19(11-9-18)16-26-12-6-7-13-26;/h8-11,17H,5-7,12-16H2,1-4H3,(H2,22,23,24);1H. The van der Waals surface area contributed by atoms with Crippen molar-refractivity contribution in [3.63, 3.8) is 0 Å². The third-order valence-electron chi connectivity index (χ3n) is 4.95. The van der Waals surface area contributed by atoms with Gasteiger partial charge in [0.1, 0.15) is 0 Å². The first-order valence-electron chi connectivity index (χ1n) is 10.0. The van der Waals surface area contributed by atoms with Crippen molar-refractivity contribution < 1.29 is 4.79 Å². The minimum atomic E-state index is 0. The Hall–Kier alpha value is -1.35. The first kappa shape index (κ1) is 24.7. The lowest BCUT2D eigenvalue weighted by Crippen LogP contribution is -2.45. The smallest absolute Gasteiger partial charge is 0.241 e. The van der Waals surface area contributed by atoms with Gasteiger partial charge in [0.15, 0.2) is 5.96 Å². The number of hydrogen-bond donors (Lipinski definition) is 2. The van der Waals surface area contributed by atoms with Crippen LogP contribution in [0, 0.1) is 0 Å². The maximum atomic E-state index is 11.8. The Labute approximate surface area is 187 Å². The van der Waals surface area contributed by atoms with E-state index in [0.717, 1.165) is 13.0 Å². The number of guanidine groups is 1. The Morgan fingerprint density at radius 1 is 1.18 bits per heavy atom. The van der Waals surface area contributed by atoms with Crippen LogP contribution in [0.1, 0.15) is 44.2 Å². The molecule has 0 aromatic heterocycles. The van der Waals surface area contributed by atoms with Gasteiger partial charge in [0, 0.05) is 26.7 Å². The van der Waals surface area contributed by atoms with Crippen LogP contribution in [0.2, 0.25) is 0 Å². The highest BCUT2D eigenvalue weighted by atomic mass is 127. The molecule has 0 radical (unpaired) electrons. The summed E-state index contributed by atoms with van der Waals surface area (Å²) < 4.78 is 0. The average molecular weight is 501 g/mol. The van der Waals surface area contributed by atoms with E-state index in [2.05, 4.69) is 58.6 Å². The molecular weight excluding hydrogens is 465 g/mol. The number of aliphatic imine (C=N–C) groups is 1. The second-order valence-corrected chi connectivity index (χ2v) is 7.56. The third kappa shape index (κ3) is 8.77. The van der Waals surface area contributed by atoms with E-state index in [1.165, 1.54) is 37.1 Å². The van der Waals surface area contributed by atoms with E-state index in [0.29, 0.717) is 18.5 Å². The monoisotopic (exact) mass is 501 g/mol. The van der Waals surface area contributed by atoms with Gasteiger partial charge < -0.3 is 15.5 Å². The molecule has 6 nitrogen and oxygen atoms in total. The summed E-state index contributed by atoms with van der Waals surface area (Å²) in [5.41, 5.74) is 2.53. The normalized spacial score (nSPS) is 15.6. The predicted molar refractivity (Wildman–Crippen MR) is 127 cm³/mol. The minimum Gasteiger partial charge on any atom is -0.354 e. The van der Waals surface area contributed by atoms with Crippen LogP contribution in [0.15, 0.2) is 29.3 Å². The maximum absolute atomic E-state index is 11.8. The summed E-state index contributed by atoms with van der Waals surface area (Å²) in [6.07, 6.45) is 3.64. The molecule has 2 N–H and O–H groups in total. The average Bonchev–Trinajstić information content (AvgIpc) is 3.17. The van der Waals surface area contributed by atoms with Crippen molar-refractivity contribution in [3.8, 4) is 0 Å². The molecule has 1 atom stereocenters. The lowest BCUT2D eigenvalue weighted by molar-refractivity contribution is -0.127. The summed E-state index contributed by atoms with van der Waals surface area (Å²) in [6.45, 7) is 8.54. The van der Waals surface area contributed by atoms with E-state index in [1.807, 2.05) is 0 Å². The first-order chi connectivity index (χ1) is 13.0. The van der Waals surface area contributed by atoms with E-state index in [1.54, 1.807) is 19.0 Å². The van der Waals surface area contributed by atoms with E-state index in [9.17, 15) is 4.79 Å². The van der Waals surface area contributed by atoms with Crippen molar-refractivity contribution >= 4 is 35.8 Å². The van der Waals surface area contributed by atoms with Crippen LogP contribution in [0.5, 0.6) is 0 Å². The van der Waals surface area contributed by atoms with Crippen LogP contribution < -0.4 is 10.6 Å². The summed E-state index contributed by atoms with van der Waals surface area (Å²) in [5, 5.41) is 6.49. The molecule has 1 aliphatic rings. The number of nitrogens with zero attached hydrogens (tertiary/aromatic N) is 3. The number of nitrogens with one attached hydrogen (secondary N) is 2. The van der Waals surface area contributed by atoms with Gasteiger partial charge in [-0.3, -0.25) is 9.69 Å². The highest BCUT2D eigenvalue weighted by Crippen LogP contribution is 2.13. The van der Waals surface area contributed by atoms with E-state index in [-0.39, 0.29) is 36.4 Å². The molecule has 0 aliphatic carbocycles. The maximum Gasteiger partial charge on any atom is 0.241 e. The Bertz CT molecular complexity index is 612. The number of likely N-dealkylation sites (N-methyl/N-ethyl adjacent to an activating group) is 1. The summed E-state index contributed by atoms with van der Waals surface area (Å²) in [6, 6.07) is 9.01. The molecule has 0 bridgehead atoms. The Morgan fingerprint density at radius 3 is 2.36 bits per heavy atom. The summed E-state index contributed by atoms with van der Waals surface area (Å²) in [4.78, 5) is 20.6. The summed E-state index contributed by atoms with van der Waals surface area (Å²) in [7, 11) is 3.51. The second-order valence-electron chi connectivity index (χ2n) is 7.56. The zero-order valence-electron chi connectivity index (χ0n) is 17.7. The number of carbonyl (C=O) groups is 1. The van der Waals surface area contributed by atoms with Crippen LogP contribution in [0.4, 0.5) is 0 Å². The molecule has 28 heavy (non-hydrogen) atoms. The van der Waals surface area contributed by atoms with Gasteiger partial charge in [-0.2, -0.15) is 0 Å². The Balaban J connectivity index is 0.00000392. The molecule has 158 valence electrons. The van der Waals surface area contributed by atoms with Gasteiger partial charge in [-0.05, 0) is 50.4 Å². The molecule has 7 heteroatoms. The fourth-order valence-corrected chi connectivity index (χ4v) is 2.92. The minimum absolute atomic E-state index is 0. The van der Waals surface area contributed by atoms with E-state index in [4.69, 9.17) is 0 Å². The number of carbonyl (C=O) groups excluding carboxylic acids is 1. The summed E-state index contributed by atoms with van der Waals surface area (Å²) in [5.74, 6) is 0.709. The van der Waals surface area contributed by atoms with Crippen LogP contribution in [0.25, 0.3) is 0 Å². The number of hydrogen-bond acceptors (Lipinski definition) is 3. The van der Waals surface area contributed by atoms with Gasteiger partial charge in [0.05, 0.1) is 13.1 Å². The molecule has 1 heterocycles. The van der Waals surface area contributed by atoms with Gasteiger partial charge in [-0.15, -0.1) is 24.0 Å².